The molecule has 1 N–H and O–H groups in total. The molecule has 0 aliphatic carbocycles. The van der Waals surface area contributed by atoms with E-state index in [0.717, 1.165) is 24.3 Å². The summed E-state index contributed by atoms with van der Waals surface area (Å²) < 4.78 is 7.39. The van der Waals surface area contributed by atoms with Crippen molar-refractivity contribution in [1.29, 1.82) is 0 Å². The molecule has 1 amide bonds. The molecule has 25 heavy (non-hydrogen) atoms. The zero-order valence-corrected chi connectivity index (χ0v) is 15.1. The number of carbonyl (C=O) groups is 1. The number of likely N-dealkylation sites (tertiary alicyclic amines) is 1. The van der Waals surface area contributed by atoms with E-state index in [1.54, 1.807) is 13.3 Å². The largest absolute Gasteiger partial charge is 0.496 e. The number of nitrogens with one attached hydrogen (secondary N) is 1. The molecule has 1 saturated heterocycles. The number of carbonyl (C=O) groups excluding carboxylic acids is 1. The number of hydrogen-bond acceptors (Lipinski definition) is 4. The first-order valence-corrected chi connectivity index (χ1v) is 8.71. The summed E-state index contributed by atoms with van der Waals surface area (Å²) in [5.41, 5.74) is 2.32. The molecule has 2 heterocycles. The second-order valence-corrected chi connectivity index (χ2v) is 6.67. The maximum absolute atomic E-state index is 11.6. The number of ether oxygens (including phenoxy) is 1. The molecule has 2 unspecified atom stereocenters. The second kappa shape index (κ2) is 7.70. The molecular weight excluding hydrogens is 316 g/mol. The van der Waals surface area contributed by atoms with Crippen LogP contribution in [0.4, 0.5) is 0 Å². The van der Waals surface area contributed by atoms with Gasteiger partial charge in [-0.05, 0) is 37.1 Å². The third kappa shape index (κ3) is 4.20. The van der Waals surface area contributed by atoms with Crippen LogP contribution >= 0.6 is 0 Å². The molecular formula is C19H26N4O2. The maximum atomic E-state index is 11.6. The first kappa shape index (κ1) is 17.5. The number of nitrogens with zero attached hydrogens (tertiary/aromatic N) is 3. The molecule has 6 heteroatoms. The van der Waals surface area contributed by atoms with Crippen LogP contribution in [0.25, 0.3) is 0 Å². The smallest absolute Gasteiger partial charge is 0.222 e. The minimum atomic E-state index is 0.203. The third-order valence-electron chi connectivity index (χ3n) is 4.81. The van der Waals surface area contributed by atoms with Crippen molar-refractivity contribution in [3.05, 3.63) is 47.8 Å². The summed E-state index contributed by atoms with van der Waals surface area (Å²) >= 11 is 0. The van der Waals surface area contributed by atoms with E-state index in [9.17, 15) is 4.79 Å². The van der Waals surface area contributed by atoms with Crippen molar-refractivity contribution in [2.75, 3.05) is 20.7 Å². The fraction of sp³-hybridized carbons (Fsp3) is 0.474. The molecule has 134 valence electrons. The maximum Gasteiger partial charge on any atom is 0.222 e. The Morgan fingerprint density at radius 1 is 1.44 bits per heavy atom. The van der Waals surface area contributed by atoms with Gasteiger partial charge >= 0.3 is 0 Å². The molecule has 0 radical (unpaired) electrons. The lowest BCUT2D eigenvalue weighted by molar-refractivity contribution is -0.132. The van der Waals surface area contributed by atoms with E-state index < -0.39 is 0 Å². The molecule has 1 aliphatic rings. The molecule has 0 bridgehead atoms. The Morgan fingerprint density at radius 3 is 2.96 bits per heavy atom. The quantitative estimate of drug-likeness (QED) is 0.874. The summed E-state index contributed by atoms with van der Waals surface area (Å²) in [6, 6.07) is 8.74. The number of piperidine rings is 1. The molecule has 0 spiro atoms. The van der Waals surface area contributed by atoms with Crippen LogP contribution in [0.2, 0.25) is 0 Å². The minimum absolute atomic E-state index is 0.203. The van der Waals surface area contributed by atoms with Gasteiger partial charge in [-0.2, -0.15) is 5.10 Å². The Bertz CT molecular complexity index is 714. The van der Waals surface area contributed by atoms with Crippen LogP contribution in [-0.4, -0.2) is 47.3 Å². The average Bonchev–Trinajstić information content (AvgIpc) is 3.11. The van der Waals surface area contributed by atoms with E-state index in [1.165, 1.54) is 5.56 Å². The number of likely N-dealkylation sites (N-methyl/N-ethyl adjacent to an activating group) is 1. The standard InChI is InChI=1S/C19H26N4O2/c1-14(21-17-6-8-19(24)22(2)13-17)15-5-7-18(25-3)16(11-15)12-23-10-4-9-20-23/h4-5,7,9-11,14,17,21H,6,8,12-13H2,1-3H3. The molecule has 1 aromatic heterocycles. The van der Waals surface area contributed by atoms with Crippen LogP contribution in [0.5, 0.6) is 5.75 Å². The van der Waals surface area contributed by atoms with Crippen LogP contribution in [0.15, 0.2) is 36.7 Å². The monoisotopic (exact) mass is 342 g/mol. The van der Waals surface area contributed by atoms with E-state index in [2.05, 4.69) is 29.5 Å². The number of benzene rings is 1. The van der Waals surface area contributed by atoms with E-state index in [-0.39, 0.29) is 11.9 Å². The summed E-state index contributed by atoms with van der Waals surface area (Å²) in [6.07, 6.45) is 5.24. The highest BCUT2D eigenvalue weighted by molar-refractivity contribution is 5.76. The summed E-state index contributed by atoms with van der Waals surface area (Å²) in [5, 5.41) is 7.93. The summed E-state index contributed by atoms with van der Waals surface area (Å²) in [6.45, 7) is 3.60. The van der Waals surface area contributed by atoms with Crippen LogP contribution in [0.3, 0.4) is 0 Å². The topological polar surface area (TPSA) is 59.4 Å². The summed E-state index contributed by atoms with van der Waals surface area (Å²) in [4.78, 5) is 13.4. The van der Waals surface area contributed by atoms with Gasteiger partial charge in [-0.25, -0.2) is 0 Å². The number of amides is 1. The Hall–Kier alpha value is -2.34. The Kier molecular flexibility index (Phi) is 5.38. The molecule has 0 saturated carbocycles. The average molecular weight is 342 g/mol. The number of rotatable bonds is 6. The van der Waals surface area contributed by atoms with Crippen molar-refractivity contribution < 1.29 is 9.53 Å². The van der Waals surface area contributed by atoms with E-state index in [4.69, 9.17) is 4.74 Å². The highest BCUT2D eigenvalue weighted by Gasteiger charge is 2.24. The number of hydrogen-bond donors (Lipinski definition) is 1. The molecule has 2 aromatic rings. The minimum Gasteiger partial charge on any atom is -0.496 e. The molecule has 1 aliphatic heterocycles. The van der Waals surface area contributed by atoms with Crippen molar-refractivity contribution >= 4 is 5.91 Å². The van der Waals surface area contributed by atoms with Gasteiger partial charge in [-0.1, -0.05) is 6.07 Å². The van der Waals surface area contributed by atoms with Gasteiger partial charge in [0.2, 0.25) is 5.91 Å². The SMILES string of the molecule is COc1ccc(C(C)NC2CCC(=O)N(C)C2)cc1Cn1cccn1. The first-order chi connectivity index (χ1) is 12.1. The molecule has 2 atom stereocenters. The Labute approximate surface area is 148 Å². The van der Waals surface area contributed by atoms with E-state index in [1.807, 2.05) is 35.0 Å². The van der Waals surface area contributed by atoms with Crippen molar-refractivity contribution in [3.63, 3.8) is 0 Å². The van der Waals surface area contributed by atoms with Crippen molar-refractivity contribution in [1.82, 2.24) is 20.0 Å². The van der Waals surface area contributed by atoms with Crippen LogP contribution in [-0.2, 0) is 11.3 Å². The van der Waals surface area contributed by atoms with E-state index >= 15 is 0 Å². The Morgan fingerprint density at radius 2 is 2.28 bits per heavy atom. The Balaban J connectivity index is 1.71. The van der Waals surface area contributed by atoms with Gasteiger partial charge in [0.25, 0.3) is 0 Å². The normalized spacial score (nSPS) is 19.1. The van der Waals surface area contributed by atoms with Gasteiger partial charge in [0.1, 0.15) is 5.75 Å². The van der Waals surface area contributed by atoms with E-state index in [0.29, 0.717) is 19.0 Å². The van der Waals surface area contributed by atoms with Crippen LogP contribution < -0.4 is 10.1 Å². The molecule has 3 rings (SSSR count). The zero-order chi connectivity index (χ0) is 17.8. The van der Waals surface area contributed by atoms with Crippen molar-refractivity contribution in [3.8, 4) is 5.75 Å². The van der Waals surface area contributed by atoms with Gasteiger partial charge in [0, 0.05) is 50.1 Å². The zero-order valence-electron chi connectivity index (χ0n) is 15.1. The van der Waals surface area contributed by atoms with Gasteiger partial charge in [0.15, 0.2) is 0 Å². The van der Waals surface area contributed by atoms with Crippen molar-refractivity contribution in [2.45, 2.75) is 38.4 Å². The molecule has 1 aromatic carbocycles. The van der Waals surface area contributed by atoms with Gasteiger partial charge < -0.3 is 15.0 Å². The lowest BCUT2D eigenvalue weighted by atomic mass is 10.0. The summed E-state index contributed by atoms with van der Waals surface area (Å²) in [7, 11) is 3.56. The lowest BCUT2D eigenvalue weighted by Crippen LogP contribution is -2.47. The third-order valence-corrected chi connectivity index (χ3v) is 4.81. The highest BCUT2D eigenvalue weighted by atomic mass is 16.5. The first-order valence-electron chi connectivity index (χ1n) is 8.71. The van der Waals surface area contributed by atoms with Gasteiger partial charge in [-0.15, -0.1) is 0 Å². The van der Waals surface area contributed by atoms with Gasteiger partial charge in [-0.3, -0.25) is 9.48 Å². The fourth-order valence-corrected chi connectivity index (χ4v) is 3.36. The highest BCUT2D eigenvalue weighted by Crippen LogP contribution is 2.25. The lowest BCUT2D eigenvalue weighted by Gasteiger charge is -2.32. The molecule has 6 nitrogen and oxygen atoms in total. The van der Waals surface area contributed by atoms with Crippen molar-refractivity contribution in [2.24, 2.45) is 0 Å². The van der Waals surface area contributed by atoms with Gasteiger partial charge in [0.05, 0.1) is 13.7 Å². The van der Waals surface area contributed by atoms with Crippen LogP contribution in [0, 0.1) is 0 Å². The predicted octanol–water partition coefficient (Wildman–Crippen LogP) is 2.21. The number of aromatic nitrogens is 2. The predicted molar refractivity (Wildman–Crippen MR) is 96.5 cm³/mol. The number of methoxy groups -OCH3 is 1. The fourth-order valence-electron chi connectivity index (χ4n) is 3.36. The van der Waals surface area contributed by atoms with Crippen LogP contribution in [0.1, 0.15) is 36.9 Å². The summed E-state index contributed by atoms with van der Waals surface area (Å²) in [5.74, 6) is 1.10. The second-order valence-electron chi connectivity index (χ2n) is 6.67. The molecule has 1 fully saturated rings.